The monoisotopic (exact) mass is 208 g/mol. The van der Waals surface area contributed by atoms with E-state index in [2.05, 4.69) is 16.5 Å². The highest BCUT2D eigenvalue weighted by atomic mass is 16.3. The molecule has 0 aromatic carbocycles. The Morgan fingerprint density at radius 3 is 2.67 bits per heavy atom. The molecule has 0 bridgehead atoms. The van der Waals surface area contributed by atoms with Crippen molar-refractivity contribution in [1.82, 2.24) is 9.55 Å². The van der Waals surface area contributed by atoms with Gasteiger partial charge in [-0.05, 0) is 19.8 Å². The Balaban J connectivity index is 2.27. The van der Waals surface area contributed by atoms with Gasteiger partial charge in [0.1, 0.15) is 5.82 Å². The van der Waals surface area contributed by atoms with Crippen LogP contribution in [0.25, 0.3) is 0 Å². The van der Waals surface area contributed by atoms with Gasteiger partial charge in [-0.1, -0.05) is 12.8 Å². The van der Waals surface area contributed by atoms with Crippen LogP contribution in [0, 0.1) is 6.92 Å². The molecule has 0 unspecified atom stereocenters. The normalized spacial score (nSPS) is 17.5. The number of aromatic nitrogens is 2. The van der Waals surface area contributed by atoms with Crippen LogP contribution in [-0.2, 0) is 13.5 Å². The molecule has 2 rings (SSSR count). The lowest BCUT2D eigenvalue weighted by Crippen LogP contribution is -2.01. The maximum atomic E-state index is 8.96. The van der Waals surface area contributed by atoms with Crippen molar-refractivity contribution in [3.63, 3.8) is 0 Å². The average Bonchev–Trinajstić information content (AvgIpc) is 2.82. The molecule has 1 saturated carbocycles. The molecule has 0 atom stereocenters. The third kappa shape index (κ3) is 1.93. The summed E-state index contributed by atoms with van der Waals surface area (Å²) in [7, 11) is 2.05. The summed E-state index contributed by atoms with van der Waals surface area (Å²) in [4.78, 5) is 4.68. The number of aliphatic hydroxyl groups excluding tert-OH is 1. The van der Waals surface area contributed by atoms with Crippen LogP contribution in [0.2, 0.25) is 0 Å². The van der Waals surface area contributed by atoms with E-state index >= 15 is 0 Å². The lowest BCUT2D eigenvalue weighted by atomic mass is 10.0. The highest BCUT2D eigenvalue weighted by Crippen LogP contribution is 2.35. The van der Waals surface area contributed by atoms with Crippen LogP contribution in [0.1, 0.15) is 48.8 Å². The maximum Gasteiger partial charge on any atom is 0.111 e. The fourth-order valence-corrected chi connectivity index (χ4v) is 2.57. The second kappa shape index (κ2) is 4.35. The molecule has 15 heavy (non-hydrogen) atoms. The molecular weight excluding hydrogens is 188 g/mol. The molecule has 1 fully saturated rings. The first kappa shape index (κ1) is 10.7. The Morgan fingerprint density at radius 2 is 2.07 bits per heavy atom. The minimum absolute atomic E-state index is 0.189. The molecule has 0 radical (unpaired) electrons. The van der Waals surface area contributed by atoms with E-state index in [0.717, 1.165) is 5.82 Å². The van der Waals surface area contributed by atoms with Crippen molar-refractivity contribution in [2.45, 2.75) is 44.9 Å². The standard InChI is InChI=1S/C12H20N2O/c1-9-12(10-5-3-4-6-10)13-11(7-8-15)14(9)2/h10,15H,3-8H2,1-2H3. The maximum absolute atomic E-state index is 8.96. The zero-order valence-electron chi connectivity index (χ0n) is 9.66. The Morgan fingerprint density at radius 1 is 1.40 bits per heavy atom. The number of aliphatic hydroxyl groups is 1. The summed E-state index contributed by atoms with van der Waals surface area (Å²) in [6, 6.07) is 0. The molecule has 0 spiro atoms. The molecule has 1 aliphatic rings. The van der Waals surface area contributed by atoms with Crippen molar-refractivity contribution in [3.8, 4) is 0 Å². The molecule has 1 heterocycles. The summed E-state index contributed by atoms with van der Waals surface area (Å²) in [5.41, 5.74) is 2.56. The third-order valence-electron chi connectivity index (χ3n) is 3.59. The summed E-state index contributed by atoms with van der Waals surface area (Å²) >= 11 is 0. The zero-order chi connectivity index (χ0) is 10.8. The van der Waals surface area contributed by atoms with Crippen LogP contribution in [0.5, 0.6) is 0 Å². The van der Waals surface area contributed by atoms with E-state index in [1.807, 2.05) is 7.05 Å². The lowest BCUT2D eigenvalue weighted by Gasteiger charge is -2.06. The molecule has 84 valence electrons. The Labute approximate surface area is 91.1 Å². The topological polar surface area (TPSA) is 38.1 Å². The smallest absolute Gasteiger partial charge is 0.111 e. The van der Waals surface area contributed by atoms with E-state index in [-0.39, 0.29) is 6.61 Å². The molecule has 1 aromatic heterocycles. The van der Waals surface area contributed by atoms with Crippen molar-refractivity contribution in [1.29, 1.82) is 0 Å². The van der Waals surface area contributed by atoms with Gasteiger partial charge in [0.15, 0.2) is 0 Å². The number of imidazole rings is 1. The molecule has 0 aliphatic heterocycles. The highest BCUT2D eigenvalue weighted by Gasteiger charge is 2.23. The van der Waals surface area contributed by atoms with Crippen LogP contribution in [-0.4, -0.2) is 21.3 Å². The van der Waals surface area contributed by atoms with E-state index in [0.29, 0.717) is 12.3 Å². The van der Waals surface area contributed by atoms with Crippen molar-refractivity contribution in [3.05, 3.63) is 17.2 Å². The van der Waals surface area contributed by atoms with E-state index in [1.165, 1.54) is 37.1 Å². The van der Waals surface area contributed by atoms with E-state index in [1.54, 1.807) is 0 Å². The first-order chi connectivity index (χ1) is 7.24. The molecule has 1 aromatic rings. The quantitative estimate of drug-likeness (QED) is 0.824. The summed E-state index contributed by atoms with van der Waals surface area (Å²) in [5, 5.41) is 8.96. The van der Waals surface area contributed by atoms with Gasteiger partial charge in [-0.25, -0.2) is 4.98 Å². The van der Waals surface area contributed by atoms with E-state index in [9.17, 15) is 0 Å². The van der Waals surface area contributed by atoms with Gasteiger partial charge < -0.3 is 9.67 Å². The van der Waals surface area contributed by atoms with Gasteiger partial charge in [-0.2, -0.15) is 0 Å². The van der Waals surface area contributed by atoms with Gasteiger partial charge in [0.25, 0.3) is 0 Å². The molecule has 1 aliphatic carbocycles. The second-order valence-corrected chi connectivity index (χ2v) is 4.51. The predicted molar refractivity (Wildman–Crippen MR) is 59.9 cm³/mol. The molecule has 3 nitrogen and oxygen atoms in total. The Hall–Kier alpha value is -0.830. The minimum atomic E-state index is 0.189. The van der Waals surface area contributed by atoms with Crippen molar-refractivity contribution < 1.29 is 5.11 Å². The molecule has 0 amide bonds. The number of hydrogen-bond acceptors (Lipinski definition) is 2. The largest absolute Gasteiger partial charge is 0.396 e. The van der Waals surface area contributed by atoms with Gasteiger partial charge in [0.2, 0.25) is 0 Å². The summed E-state index contributed by atoms with van der Waals surface area (Å²) in [6.07, 6.45) is 5.93. The third-order valence-corrected chi connectivity index (χ3v) is 3.59. The van der Waals surface area contributed by atoms with Gasteiger partial charge in [-0.15, -0.1) is 0 Å². The first-order valence-electron chi connectivity index (χ1n) is 5.87. The van der Waals surface area contributed by atoms with Gasteiger partial charge in [0.05, 0.1) is 12.3 Å². The summed E-state index contributed by atoms with van der Waals surface area (Å²) in [5.74, 6) is 1.69. The SMILES string of the molecule is Cc1c(C2CCCC2)nc(CCO)n1C. The first-order valence-corrected chi connectivity index (χ1v) is 5.87. The summed E-state index contributed by atoms with van der Waals surface area (Å²) < 4.78 is 2.13. The molecule has 1 N–H and O–H groups in total. The average molecular weight is 208 g/mol. The molecular formula is C12H20N2O. The zero-order valence-corrected chi connectivity index (χ0v) is 9.66. The predicted octanol–water partition coefficient (Wildman–Crippen LogP) is 1.92. The number of hydrogen-bond donors (Lipinski definition) is 1. The van der Waals surface area contributed by atoms with E-state index in [4.69, 9.17) is 5.11 Å². The Bertz CT molecular complexity index is 338. The fraction of sp³-hybridized carbons (Fsp3) is 0.750. The van der Waals surface area contributed by atoms with Crippen LogP contribution in [0.15, 0.2) is 0 Å². The number of rotatable bonds is 3. The van der Waals surface area contributed by atoms with Crippen LogP contribution >= 0.6 is 0 Å². The fourth-order valence-electron chi connectivity index (χ4n) is 2.57. The Kier molecular flexibility index (Phi) is 3.10. The molecule has 3 heteroatoms. The van der Waals surface area contributed by atoms with Crippen molar-refractivity contribution >= 4 is 0 Å². The molecule has 0 saturated heterocycles. The second-order valence-electron chi connectivity index (χ2n) is 4.51. The van der Waals surface area contributed by atoms with Gasteiger partial charge >= 0.3 is 0 Å². The van der Waals surface area contributed by atoms with Crippen LogP contribution in [0.3, 0.4) is 0 Å². The van der Waals surface area contributed by atoms with Crippen molar-refractivity contribution in [2.75, 3.05) is 6.61 Å². The van der Waals surface area contributed by atoms with Crippen LogP contribution < -0.4 is 0 Å². The van der Waals surface area contributed by atoms with E-state index < -0.39 is 0 Å². The minimum Gasteiger partial charge on any atom is -0.396 e. The van der Waals surface area contributed by atoms with Crippen LogP contribution in [0.4, 0.5) is 0 Å². The van der Waals surface area contributed by atoms with Gasteiger partial charge in [-0.3, -0.25) is 0 Å². The van der Waals surface area contributed by atoms with Gasteiger partial charge in [0, 0.05) is 25.1 Å². The van der Waals surface area contributed by atoms with Crippen molar-refractivity contribution in [2.24, 2.45) is 7.05 Å². The lowest BCUT2D eigenvalue weighted by molar-refractivity contribution is 0.295. The summed E-state index contributed by atoms with van der Waals surface area (Å²) in [6.45, 7) is 2.33. The highest BCUT2D eigenvalue weighted by molar-refractivity contribution is 5.20. The number of nitrogens with zero attached hydrogens (tertiary/aromatic N) is 2.